The number of hydrogen-bond donors (Lipinski definition) is 2. The molecule has 1 aliphatic heterocycles. The SMILES string of the molecule is O=C(O)c1ccc2ccccc2c1CN1CCC(CN[C@@H]2C[C@H]2c2ccccc2)CC1. The van der Waals surface area contributed by atoms with Gasteiger partial charge in [-0.1, -0.05) is 60.7 Å². The lowest BCUT2D eigenvalue weighted by Crippen LogP contribution is -2.37. The minimum atomic E-state index is -0.836. The number of carboxylic acid groups (broad SMARTS) is 1. The van der Waals surface area contributed by atoms with Crippen LogP contribution in [0.4, 0.5) is 0 Å². The molecule has 4 heteroatoms. The molecule has 31 heavy (non-hydrogen) atoms. The maximum absolute atomic E-state index is 11.8. The molecule has 0 unspecified atom stereocenters. The fraction of sp³-hybridized carbons (Fsp3) is 0.370. The number of nitrogens with one attached hydrogen (secondary N) is 1. The quantitative estimate of drug-likeness (QED) is 0.578. The van der Waals surface area contributed by atoms with E-state index in [2.05, 4.69) is 46.6 Å². The third-order valence-corrected chi connectivity index (χ3v) is 7.05. The van der Waals surface area contributed by atoms with Gasteiger partial charge in [-0.15, -0.1) is 0 Å². The van der Waals surface area contributed by atoms with Crippen LogP contribution in [0.3, 0.4) is 0 Å². The number of piperidine rings is 1. The number of aromatic carboxylic acids is 1. The molecule has 1 saturated heterocycles. The number of nitrogens with zero attached hydrogens (tertiary/aromatic N) is 1. The largest absolute Gasteiger partial charge is 0.478 e. The normalized spacial score (nSPS) is 21.9. The first-order valence-electron chi connectivity index (χ1n) is 11.4. The Morgan fingerprint density at radius 2 is 1.71 bits per heavy atom. The highest BCUT2D eigenvalue weighted by Gasteiger charge is 2.38. The van der Waals surface area contributed by atoms with Gasteiger partial charge in [0.2, 0.25) is 0 Å². The van der Waals surface area contributed by atoms with E-state index in [9.17, 15) is 9.90 Å². The lowest BCUT2D eigenvalue weighted by molar-refractivity contribution is 0.0694. The third-order valence-electron chi connectivity index (χ3n) is 7.05. The van der Waals surface area contributed by atoms with Crippen LogP contribution < -0.4 is 5.32 Å². The molecule has 4 nitrogen and oxygen atoms in total. The van der Waals surface area contributed by atoms with Crippen LogP contribution in [0.1, 0.15) is 46.7 Å². The topological polar surface area (TPSA) is 52.6 Å². The number of benzene rings is 3. The molecule has 0 radical (unpaired) electrons. The number of likely N-dealkylation sites (tertiary alicyclic amines) is 1. The second kappa shape index (κ2) is 8.81. The monoisotopic (exact) mass is 414 g/mol. The molecular weight excluding hydrogens is 384 g/mol. The maximum atomic E-state index is 11.8. The lowest BCUT2D eigenvalue weighted by Gasteiger charge is -2.32. The molecule has 2 fully saturated rings. The van der Waals surface area contributed by atoms with Crippen molar-refractivity contribution in [3.05, 3.63) is 83.4 Å². The molecule has 3 aromatic rings. The van der Waals surface area contributed by atoms with Crippen molar-refractivity contribution in [1.29, 1.82) is 0 Å². The van der Waals surface area contributed by atoms with Gasteiger partial charge in [-0.05, 0) is 72.8 Å². The van der Waals surface area contributed by atoms with Crippen molar-refractivity contribution < 1.29 is 9.90 Å². The standard InChI is InChI=1S/C27H30N2O2/c30-27(31)23-11-10-21-8-4-5-9-22(21)25(23)18-29-14-12-19(13-15-29)17-28-26-16-24(26)20-6-2-1-3-7-20/h1-11,19,24,26,28H,12-18H2,(H,30,31)/t24-,26+/m0/s1. The van der Waals surface area contributed by atoms with E-state index in [1.807, 2.05) is 24.3 Å². The van der Waals surface area contributed by atoms with E-state index in [-0.39, 0.29) is 0 Å². The molecule has 0 bridgehead atoms. The smallest absolute Gasteiger partial charge is 0.336 e. The van der Waals surface area contributed by atoms with Crippen LogP contribution in [-0.2, 0) is 6.54 Å². The summed E-state index contributed by atoms with van der Waals surface area (Å²) in [6.45, 7) is 3.86. The second-order valence-electron chi connectivity index (χ2n) is 9.11. The first-order chi connectivity index (χ1) is 15.2. The molecule has 2 aliphatic rings. The number of carboxylic acids is 1. The average molecular weight is 415 g/mol. The molecule has 0 spiro atoms. The van der Waals surface area contributed by atoms with Crippen LogP contribution in [-0.4, -0.2) is 41.7 Å². The van der Waals surface area contributed by atoms with Crippen molar-refractivity contribution in [2.75, 3.05) is 19.6 Å². The Labute approximate surface area is 183 Å². The van der Waals surface area contributed by atoms with Gasteiger partial charge in [-0.2, -0.15) is 0 Å². The molecule has 0 aromatic heterocycles. The van der Waals surface area contributed by atoms with Crippen LogP contribution in [0.5, 0.6) is 0 Å². The molecule has 1 aliphatic carbocycles. The summed E-state index contributed by atoms with van der Waals surface area (Å²) in [6, 6.07) is 23.2. The van der Waals surface area contributed by atoms with Crippen molar-refractivity contribution in [2.24, 2.45) is 5.92 Å². The summed E-state index contributed by atoms with van der Waals surface area (Å²) in [5, 5.41) is 15.7. The molecule has 160 valence electrons. The van der Waals surface area contributed by atoms with Crippen LogP contribution in [0.2, 0.25) is 0 Å². The van der Waals surface area contributed by atoms with Crippen molar-refractivity contribution in [3.63, 3.8) is 0 Å². The van der Waals surface area contributed by atoms with Gasteiger partial charge in [0.15, 0.2) is 0 Å². The summed E-state index contributed by atoms with van der Waals surface area (Å²) in [5.41, 5.74) is 2.84. The molecular formula is C27H30N2O2. The molecule has 1 heterocycles. The van der Waals surface area contributed by atoms with E-state index in [1.54, 1.807) is 6.07 Å². The summed E-state index contributed by atoms with van der Waals surface area (Å²) in [7, 11) is 0. The first-order valence-corrected chi connectivity index (χ1v) is 11.4. The van der Waals surface area contributed by atoms with E-state index in [0.717, 1.165) is 36.0 Å². The molecule has 2 atom stereocenters. The van der Waals surface area contributed by atoms with Crippen LogP contribution in [0.15, 0.2) is 66.7 Å². The van der Waals surface area contributed by atoms with E-state index in [0.29, 0.717) is 30.0 Å². The molecule has 2 N–H and O–H groups in total. The summed E-state index contributed by atoms with van der Waals surface area (Å²) < 4.78 is 0. The number of fused-ring (bicyclic) bond motifs is 1. The number of carbonyl (C=O) groups is 1. The van der Waals surface area contributed by atoms with Gasteiger partial charge in [-0.25, -0.2) is 4.79 Å². The van der Waals surface area contributed by atoms with E-state index in [1.165, 1.54) is 24.8 Å². The summed E-state index contributed by atoms with van der Waals surface area (Å²) in [6.07, 6.45) is 3.59. The lowest BCUT2D eigenvalue weighted by atomic mass is 9.94. The van der Waals surface area contributed by atoms with Gasteiger partial charge in [-0.3, -0.25) is 4.90 Å². The fourth-order valence-corrected chi connectivity index (χ4v) is 5.09. The van der Waals surface area contributed by atoms with E-state index in [4.69, 9.17) is 0 Å². The predicted molar refractivity (Wildman–Crippen MR) is 124 cm³/mol. The maximum Gasteiger partial charge on any atom is 0.336 e. The summed E-state index contributed by atoms with van der Waals surface area (Å²) in [4.78, 5) is 14.2. The average Bonchev–Trinajstić information content (AvgIpc) is 3.59. The van der Waals surface area contributed by atoms with Crippen molar-refractivity contribution in [3.8, 4) is 0 Å². The fourth-order valence-electron chi connectivity index (χ4n) is 5.09. The number of rotatable bonds is 7. The van der Waals surface area contributed by atoms with E-state index < -0.39 is 5.97 Å². The highest BCUT2D eigenvalue weighted by molar-refractivity contribution is 5.97. The predicted octanol–water partition coefficient (Wildman–Crippen LogP) is 4.90. The zero-order valence-corrected chi connectivity index (χ0v) is 17.8. The summed E-state index contributed by atoms with van der Waals surface area (Å²) >= 11 is 0. The Morgan fingerprint density at radius 3 is 2.48 bits per heavy atom. The highest BCUT2D eigenvalue weighted by Crippen LogP contribution is 2.40. The minimum absolute atomic E-state index is 0.433. The molecule has 1 saturated carbocycles. The zero-order chi connectivity index (χ0) is 21.2. The van der Waals surface area contributed by atoms with Crippen LogP contribution in [0.25, 0.3) is 10.8 Å². The highest BCUT2D eigenvalue weighted by atomic mass is 16.4. The Kier molecular flexibility index (Phi) is 5.75. The van der Waals surface area contributed by atoms with Gasteiger partial charge in [0.05, 0.1) is 5.56 Å². The minimum Gasteiger partial charge on any atom is -0.478 e. The van der Waals surface area contributed by atoms with Gasteiger partial charge >= 0.3 is 5.97 Å². The number of hydrogen-bond acceptors (Lipinski definition) is 3. The van der Waals surface area contributed by atoms with Crippen LogP contribution >= 0.6 is 0 Å². The van der Waals surface area contributed by atoms with Gasteiger partial charge in [0.1, 0.15) is 0 Å². The molecule has 0 amide bonds. The zero-order valence-electron chi connectivity index (χ0n) is 17.8. The van der Waals surface area contributed by atoms with Crippen molar-refractivity contribution >= 4 is 16.7 Å². The first kappa shape index (κ1) is 20.2. The Morgan fingerprint density at radius 1 is 0.968 bits per heavy atom. The second-order valence-corrected chi connectivity index (χ2v) is 9.11. The molecule has 5 rings (SSSR count). The van der Waals surface area contributed by atoms with Crippen molar-refractivity contribution in [2.45, 2.75) is 37.8 Å². The van der Waals surface area contributed by atoms with E-state index >= 15 is 0 Å². The van der Waals surface area contributed by atoms with Gasteiger partial charge < -0.3 is 10.4 Å². The summed E-state index contributed by atoms with van der Waals surface area (Å²) in [5.74, 6) is 0.555. The Balaban J connectivity index is 1.16. The Hall–Kier alpha value is -2.69. The van der Waals surface area contributed by atoms with Gasteiger partial charge in [0, 0.05) is 18.5 Å². The van der Waals surface area contributed by atoms with Crippen molar-refractivity contribution in [1.82, 2.24) is 10.2 Å². The molecule has 3 aromatic carbocycles. The third kappa shape index (κ3) is 4.51. The van der Waals surface area contributed by atoms with Crippen LogP contribution in [0, 0.1) is 5.92 Å². The Bertz CT molecular complexity index is 1060. The van der Waals surface area contributed by atoms with Gasteiger partial charge in [0.25, 0.3) is 0 Å².